The average molecular weight is 282 g/mol. The number of carbonyl (C=O) groups is 1. The van der Waals surface area contributed by atoms with Gasteiger partial charge >= 0.3 is 0 Å². The molecule has 0 bridgehead atoms. The third-order valence-corrected chi connectivity index (χ3v) is 3.59. The molecule has 1 aliphatic carbocycles. The van der Waals surface area contributed by atoms with Gasteiger partial charge in [-0.1, -0.05) is 42.0 Å². The van der Waals surface area contributed by atoms with E-state index in [2.05, 4.69) is 19.1 Å². The number of rotatable bonds is 5. The standard InChI is InChI=1S/C18H22N2O/c1-13-3-2-4-16(9-13)10-14-5-7-15(8-6-14)11-17(21)12-18(19)20/h5-10H,2-4,11-12H2,1H3,(H3,19,20)/b16-10+. The van der Waals surface area contributed by atoms with Crippen LogP contribution in [-0.2, 0) is 11.2 Å². The molecule has 0 unspecified atom stereocenters. The Morgan fingerprint density at radius 3 is 2.62 bits per heavy atom. The number of Topliss-reactive ketones (excluding diaryl/α,β-unsaturated/α-hetero) is 1. The number of nitrogens with one attached hydrogen (secondary N) is 1. The molecule has 1 aromatic carbocycles. The summed E-state index contributed by atoms with van der Waals surface area (Å²) < 4.78 is 0. The summed E-state index contributed by atoms with van der Waals surface area (Å²) >= 11 is 0. The molecule has 0 aliphatic heterocycles. The number of hydrogen-bond donors (Lipinski definition) is 2. The lowest BCUT2D eigenvalue weighted by Gasteiger charge is -2.11. The lowest BCUT2D eigenvalue weighted by molar-refractivity contribution is -0.117. The molecule has 0 saturated carbocycles. The first kappa shape index (κ1) is 15.2. The minimum absolute atomic E-state index is 0.0144. The molecule has 0 amide bonds. The molecule has 0 fully saturated rings. The van der Waals surface area contributed by atoms with E-state index in [-0.39, 0.29) is 18.0 Å². The summed E-state index contributed by atoms with van der Waals surface area (Å²) in [6.07, 6.45) is 8.43. The quantitative estimate of drug-likeness (QED) is 0.639. The highest BCUT2D eigenvalue weighted by molar-refractivity contribution is 5.99. The fraction of sp³-hybridized carbons (Fsp3) is 0.333. The van der Waals surface area contributed by atoms with E-state index in [0.717, 1.165) is 12.0 Å². The van der Waals surface area contributed by atoms with Crippen LogP contribution >= 0.6 is 0 Å². The maximum absolute atomic E-state index is 11.6. The molecule has 3 heteroatoms. The average Bonchev–Trinajstić information content (AvgIpc) is 2.40. The van der Waals surface area contributed by atoms with Crippen molar-refractivity contribution in [3.8, 4) is 0 Å². The van der Waals surface area contributed by atoms with Crippen molar-refractivity contribution >= 4 is 17.7 Å². The maximum Gasteiger partial charge on any atom is 0.144 e. The second-order valence-electron chi connectivity index (χ2n) is 5.72. The Morgan fingerprint density at radius 2 is 2.00 bits per heavy atom. The van der Waals surface area contributed by atoms with Gasteiger partial charge in [-0.15, -0.1) is 0 Å². The fourth-order valence-electron chi connectivity index (χ4n) is 2.59. The van der Waals surface area contributed by atoms with Gasteiger partial charge in [0.15, 0.2) is 0 Å². The summed E-state index contributed by atoms with van der Waals surface area (Å²) in [5.74, 6) is -0.0831. The third-order valence-electron chi connectivity index (χ3n) is 3.59. The zero-order valence-corrected chi connectivity index (χ0v) is 12.5. The van der Waals surface area contributed by atoms with E-state index in [4.69, 9.17) is 11.1 Å². The van der Waals surface area contributed by atoms with E-state index >= 15 is 0 Å². The van der Waals surface area contributed by atoms with Gasteiger partial charge in [-0.25, -0.2) is 0 Å². The van der Waals surface area contributed by atoms with Crippen LogP contribution in [0.25, 0.3) is 6.08 Å². The van der Waals surface area contributed by atoms with Crippen molar-refractivity contribution in [1.82, 2.24) is 0 Å². The molecule has 0 atom stereocenters. The number of nitrogens with two attached hydrogens (primary N) is 1. The predicted octanol–water partition coefficient (Wildman–Crippen LogP) is 3.64. The zero-order chi connectivity index (χ0) is 15.2. The van der Waals surface area contributed by atoms with Crippen molar-refractivity contribution in [2.75, 3.05) is 0 Å². The Morgan fingerprint density at radius 1 is 1.29 bits per heavy atom. The van der Waals surface area contributed by atoms with Gasteiger partial charge in [-0.05, 0) is 42.9 Å². The lowest BCUT2D eigenvalue weighted by atomic mass is 9.94. The van der Waals surface area contributed by atoms with Crippen LogP contribution in [0.3, 0.4) is 0 Å². The van der Waals surface area contributed by atoms with Crippen LogP contribution in [0.5, 0.6) is 0 Å². The Bertz CT molecular complexity index is 594. The van der Waals surface area contributed by atoms with E-state index < -0.39 is 0 Å². The van der Waals surface area contributed by atoms with E-state index in [1.54, 1.807) is 0 Å². The second kappa shape index (κ2) is 7.02. The number of allylic oxidation sites excluding steroid dienone is 3. The highest BCUT2D eigenvalue weighted by Gasteiger charge is 2.06. The number of ketones is 1. The van der Waals surface area contributed by atoms with Gasteiger partial charge < -0.3 is 5.73 Å². The minimum atomic E-state index is -0.0687. The van der Waals surface area contributed by atoms with E-state index in [9.17, 15) is 4.79 Å². The largest absolute Gasteiger partial charge is 0.387 e. The lowest BCUT2D eigenvalue weighted by Crippen LogP contribution is -2.16. The van der Waals surface area contributed by atoms with Crippen molar-refractivity contribution in [3.05, 3.63) is 52.6 Å². The zero-order valence-electron chi connectivity index (χ0n) is 12.5. The van der Waals surface area contributed by atoms with Crippen molar-refractivity contribution in [3.63, 3.8) is 0 Å². The molecule has 0 spiro atoms. The minimum Gasteiger partial charge on any atom is -0.387 e. The van der Waals surface area contributed by atoms with Crippen molar-refractivity contribution in [2.45, 2.75) is 39.0 Å². The Hall–Kier alpha value is -2.16. The fourth-order valence-corrected chi connectivity index (χ4v) is 2.59. The molecule has 2 rings (SSSR count). The molecular weight excluding hydrogens is 260 g/mol. The van der Waals surface area contributed by atoms with Crippen LogP contribution in [-0.4, -0.2) is 11.6 Å². The van der Waals surface area contributed by atoms with Gasteiger partial charge in [0.05, 0.1) is 12.3 Å². The Balaban J connectivity index is 2.02. The first-order valence-electron chi connectivity index (χ1n) is 7.34. The van der Waals surface area contributed by atoms with Crippen molar-refractivity contribution < 1.29 is 4.79 Å². The highest BCUT2D eigenvalue weighted by Crippen LogP contribution is 2.23. The smallest absolute Gasteiger partial charge is 0.144 e. The van der Waals surface area contributed by atoms with E-state index in [1.165, 1.54) is 29.6 Å². The first-order chi connectivity index (χ1) is 10.0. The van der Waals surface area contributed by atoms with Crippen LogP contribution in [0.15, 0.2) is 41.5 Å². The number of benzene rings is 1. The van der Waals surface area contributed by atoms with Gasteiger partial charge in [-0.3, -0.25) is 10.2 Å². The molecule has 0 aromatic heterocycles. The molecule has 0 saturated heterocycles. The monoisotopic (exact) mass is 282 g/mol. The van der Waals surface area contributed by atoms with Gasteiger partial charge in [-0.2, -0.15) is 0 Å². The topological polar surface area (TPSA) is 66.9 Å². The van der Waals surface area contributed by atoms with Crippen LogP contribution < -0.4 is 5.73 Å². The number of hydrogen-bond acceptors (Lipinski definition) is 2. The van der Waals surface area contributed by atoms with Crippen LogP contribution in [0, 0.1) is 5.41 Å². The van der Waals surface area contributed by atoms with Crippen LogP contribution in [0.1, 0.15) is 43.7 Å². The molecule has 1 aliphatic rings. The van der Waals surface area contributed by atoms with Gasteiger partial charge in [0, 0.05) is 6.42 Å². The summed E-state index contributed by atoms with van der Waals surface area (Å²) in [5.41, 5.74) is 10.2. The second-order valence-corrected chi connectivity index (χ2v) is 5.72. The van der Waals surface area contributed by atoms with E-state index in [0.29, 0.717) is 6.42 Å². The molecule has 21 heavy (non-hydrogen) atoms. The number of amidine groups is 1. The van der Waals surface area contributed by atoms with Crippen LogP contribution in [0.4, 0.5) is 0 Å². The van der Waals surface area contributed by atoms with Crippen molar-refractivity contribution in [2.24, 2.45) is 5.73 Å². The SMILES string of the molecule is CC1=C/C(=C/c2ccc(CC(=O)CC(=N)N)cc2)CCC1. The summed E-state index contributed by atoms with van der Waals surface area (Å²) in [6, 6.07) is 8.04. The summed E-state index contributed by atoms with van der Waals surface area (Å²) in [4.78, 5) is 11.6. The Labute approximate surface area is 126 Å². The molecule has 3 nitrogen and oxygen atoms in total. The Kier molecular flexibility index (Phi) is 5.09. The van der Waals surface area contributed by atoms with Crippen molar-refractivity contribution in [1.29, 1.82) is 5.41 Å². The maximum atomic E-state index is 11.6. The number of carbonyl (C=O) groups excluding carboxylic acids is 1. The molecular formula is C18H22N2O. The van der Waals surface area contributed by atoms with Gasteiger partial charge in [0.2, 0.25) is 0 Å². The molecule has 0 radical (unpaired) electrons. The van der Waals surface area contributed by atoms with E-state index in [1.807, 2.05) is 24.3 Å². The molecule has 110 valence electrons. The van der Waals surface area contributed by atoms with Crippen LogP contribution in [0.2, 0.25) is 0 Å². The highest BCUT2D eigenvalue weighted by atomic mass is 16.1. The molecule has 0 heterocycles. The molecule has 3 N–H and O–H groups in total. The molecule has 1 aromatic rings. The normalized spacial score (nSPS) is 16.6. The third kappa shape index (κ3) is 5.03. The summed E-state index contributed by atoms with van der Waals surface area (Å²) in [5, 5.41) is 7.13. The van der Waals surface area contributed by atoms with Gasteiger partial charge in [0.1, 0.15) is 5.78 Å². The van der Waals surface area contributed by atoms with Gasteiger partial charge in [0.25, 0.3) is 0 Å². The summed E-state index contributed by atoms with van der Waals surface area (Å²) in [6.45, 7) is 2.18. The first-order valence-corrected chi connectivity index (χ1v) is 7.34. The summed E-state index contributed by atoms with van der Waals surface area (Å²) in [7, 11) is 0. The predicted molar refractivity (Wildman–Crippen MR) is 87.3 cm³/mol.